The van der Waals surface area contributed by atoms with Crippen molar-refractivity contribution in [2.24, 2.45) is 0 Å². The van der Waals surface area contributed by atoms with E-state index in [0.717, 1.165) is 30.5 Å². The normalized spacial score (nSPS) is 10.3. The number of carbonyl (C=O) groups is 1. The Bertz CT molecular complexity index is 566. The van der Waals surface area contributed by atoms with Crippen molar-refractivity contribution in [2.45, 2.75) is 25.7 Å². The van der Waals surface area contributed by atoms with E-state index in [0.29, 0.717) is 13.0 Å². The van der Waals surface area contributed by atoms with Gasteiger partial charge in [-0.15, -0.1) is 0 Å². The van der Waals surface area contributed by atoms with Crippen molar-refractivity contribution in [3.63, 3.8) is 0 Å². The molecule has 2 aromatic rings. The summed E-state index contributed by atoms with van der Waals surface area (Å²) >= 11 is 0. The van der Waals surface area contributed by atoms with E-state index in [2.05, 4.69) is 17.4 Å². The maximum Gasteiger partial charge on any atom is 0.220 e. The minimum Gasteiger partial charge on any atom is -0.399 e. The fraction of sp³-hybridized carbons (Fsp3) is 0.278. The highest BCUT2D eigenvalue weighted by atomic mass is 16.1. The summed E-state index contributed by atoms with van der Waals surface area (Å²) in [5.74, 6) is 0.112. The van der Waals surface area contributed by atoms with Crippen molar-refractivity contribution in [1.82, 2.24) is 5.32 Å². The Labute approximate surface area is 126 Å². The van der Waals surface area contributed by atoms with Gasteiger partial charge in [-0.2, -0.15) is 0 Å². The molecular weight excluding hydrogens is 260 g/mol. The molecule has 0 fully saturated rings. The summed E-state index contributed by atoms with van der Waals surface area (Å²) in [7, 11) is 0. The van der Waals surface area contributed by atoms with Gasteiger partial charge in [-0.25, -0.2) is 0 Å². The molecule has 0 atom stereocenters. The van der Waals surface area contributed by atoms with Crippen molar-refractivity contribution >= 4 is 11.6 Å². The highest BCUT2D eigenvalue weighted by molar-refractivity contribution is 5.75. The summed E-state index contributed by atoms with van der Waals surface area (Å²) in [6.45, 7) is 0.691. The van der Waals surface area contributed by atoms with Gasteiger partial charge in [0.1, 0.15) is 0 Å². The number of hydrogen-bond acceptors (Lipinski definition) is 2. The van der Waals surface area contributed by atoms with Gasteiger partial charge in [0.2, 0.25) is 5.91 Å². The largest absolute Gasteiger partial charge is 0.399 e. The molecule has 0 heterocycles. The molecule has 2 aromatic carbocycles. The fourth-order valence-electron chi connectivity index (χ4n) is 2.28. The van der Waals surface area contributed by atoms with Gasteiger partial charge in [0.25, 0.3) is 0 Å². The third-order valence-corrected chi connectivity index (χ3v) is 3.48. The average molecular weight is 282 g/mol. The van der Waals surface area contributed by atoms with Gasteiger partial charge < -0.3 is 11.1 Å². The number of benzene rings is 2. The van der Waals surface area contributed by atoms with Gasteiger partial charge >= 0.3 is 0 Å². The van der Waals surface area contributed by atoms with E-state index in [1.54, 1.807) is 0 Å². The number of anilines is 1. The Morgan fingerprint density at radius 1 is 0.952 bits per heavy atom. The first-order chi connectivity index (χ1) is 10.3. The summed E-state index contributed by atoms with van der Waals surface area (Å²) in [5, 5.41) is 2.96. The second-order valence-corrected chi connectivity index (χ2v) is 5.14. The van der Waals surface area contributed by atoms with Crippen LogP contribution in [0.3, 0.4) is 0 Å². The molecule has 0 bridgehead atoms. The predicted octanol–water partition coefficient (Wildman–Crippen LogP) is 2.95. The third-order valence-electron chi connectivity index (χ3n) is 3.48. The first kappa shape index (κ1) is 15.1. The summed E-state index contributed by atoms with van der Waals surface area (Å²) in [4.78, 5) is 11.8. The number of aryl methyl sites for hydroxylation is 1. The first-order valence-corrected chi connectivity index (χ1v) is 7.40. The number of nitrogens with two attached hydrogens (primary N) is 1. The van der Waals surface area contributed by atoms with E-state index in [1.165, 1.54) is 5.56 Å². The molecule has 0 aliphatic carbocycles. The minimum absolute atomic E-state index is 0.112. The summed E-state index contributed by atoms with van der Waals surface area (Å²) in [6.07, 6.45) is 3.09. The summed E-state index contributed by atoms with van der Waals surface area (Å²) in [6, 6.07) is 18.0. The zero-order valence-electron chi connectivity index (χ0n) is 12.2. The van der Waals surface area contributed by atoms with Crippen LogP contribution >= 0.6 is 0 Å². The molecule has 0 aliphatic heterocycles. The predicted molar refractivity (Wildman–Crippen MR) is 86.9 cm³/mol. The topological polar surface area (TPSA) is 55.1 Å². The number of nitrogen functional groups attached to an aromatic ring is 1. The lowest BCUT2D eigenvalue weighted by Crippen LogP contribution is -2.25. The second-order valence-electron chi connectivity index (χ2n) is 5.14. The molecule has 1 amide bonds. The second kappa shape index (κ2) is 8.10. The molecular formula is C18H22N2O. The molecule has 3 N–H and O–H groups in total. The minimum atomic E-state index is 0.112. The lowest BCUT2D eigenvalue weighted by molar-refractivity contribution is -0.121. The van der Waals surface area contributed by atoms with E-state index >= 15 is 0 Å². The van der Waals surface area contributed by atoms with Crippen molar-refractivity contribution < 1.29 is 4.79 Å². The highest BCUT2D eigenvalue weighted by Gasteiger charge is 2.03. The molecule has 0 radical (unpaired) electrons. The van der Waals surface area contributed by atoms with Crippen molar-refractivity contribution in [3.8, 4) is 0 Å². The molecule has 0 aromatic heterocycles. The quantitative estimate of drug-likeness (QED) is 0.767. The number of amides is 1. The van der Waals surface area contributed by atoms with E-state index in [4.69, 9.17) is 5.73 Å². The van der Waals surface area contributed by atoms with Crippen LogP contribution < -0.4 is 11.1 Å². The fourth-order valence-corrected chi connectivity index (χ4v) is 2.28. The maximum atomic E-state index is 11.8. The van der Waals surface area contributed by atoms with Gasteiger partial charge in [0.15, 0.2) is 0 Å². The van der Waals surface area contributed by atoms with E-state index in [1.807, 2.05) is 42.5 Å². The molecule has 110 valence electrons. The van der Waals surface area contributed by atoms with E-state index in [-0.39, 0.29) is 5.91 Å². The van der Waals surface area contributed by atoms with Crippen LogP contribution in [0.4, 0.5) is 5.69 Å². The Morgan fingerprint density at radius 2 is 1.67 bits per heavy atom. The molecule has 0 unspecified atom stereocenters. The molecule has 3 nitrogen and oxygen atoms in total. The van der Waals surface area contributed by atoms with Crippen molar-refractivity contribution in [2.75, 3.05) is 12.3 Å². The zero-order chi connectivity index (χ0) is 14.9. The van der Waals surface area contributed by atoms with Crippen LogP contribution in [0.5, 0.6) is 0 Å². The summed E-state index contributed by atoms with van der Waals surface area (Å²) in [5.41, 5.74) is 9.05. The lowest BCUT2D eigenvalue weighted by Gasteiger charge is -2.07. The number of para-hydroxylation sites is 1. The van der Waals surface area contributed by atoms with E-state index in [9.17, 15) is 4.79 Å². The van der Waals surface area contributed by atoms with Crippen LogP contribution in [-0.2, 0) is 17.6 Å². The molecule has 0 saturated carbocycles. The highest BCUT2D eigenvalue weighted by Crippen LogP contribution is 2.13. The van der Waals surface area contributed by atoms with Crippen LogP contribution in [0.15, 0.2) is 54.6 Å². The van der Waals surface area contributed by atoms with Crippen LogP contribution in [0.1, 0.15) is 24.0 Å². The Hall–Kier alpha value is -2.29. The maximum absolute atomic E-state index is 11.8. The van der Waals surface area contributed by atoms with Gasteiger partial charge in [0.05, 0.1) is 0 Å². The molecule has 2 rings (SSSR count). The first-order valence-electron chi connectivity index (χ1n) is 7.40. The number of hydrogen-bond donors (Lipinski definition) is 2. The van der Waals surface area contributed by atoms with Gasteiger partial charge in [-0.05, 0) is 36.5 Å². The number of carbonyl (C=O) groups excluding carboxylic acids is 1. The van der Waals surface area contributed by atoms with Crippen molar-refractivity contribution in [3.05, 3.63) is 65.7 Å². The Morgan fingerprint density at radius 3 is 2.43 bits per heavy atom. The van der Waals surface area contributed by atoms with Gasteiger partial charge in [-0.3, -0.25) is 4.79 Å². The Balaban J connectivity index is 1.63. The molecule has 21 heavy (non-hydrogen) atoms. The van der Waals surface area contributed by atoms with E-state index < -0.39 is 0 Å². The average Bonchev–Trinajstić information content (AvgIpc) is 2.50. The Kier molecular flexibility index (Phi) is 5.83. The molecule has 3 heteroatoms. The molecule has 0 saturated heterocycles. The van der Waals surface area contributed by atoms with Gasteiger partial charge in [0, 0.05) is 18.7 Å². The zero-order valence-corrected chi connectivity index (χ0v) is 12.2. The molecule has 0 spiro atoms. The van der Waals surface area contributed by atoms with Crippen LogP contribution in [-0.4, -0.2) is 12.5 Å². The van der Waals surface area contributed by atoms with Crippen LogP contribution in [0.2, 0.25) is 0 Å². The van der Waals surface area contributed by atoms with Crippen LogP contribution in [0, 0.1) is 0 Å². The number of nitrogens with one attached hydrogen (secondary N) is 1. The van der Waals surface area contributed by atoms with Crippen LogP contribution in [0.25, 0.3) is 0 Å². The van der Waals surface area contributed by atoms with Gasteiger partial charge in [-0.1, -0.05) is 48.5 Å². The standard InChI is InChI=1S/C18H22N2O/c19-17-11-5-4-9-16(17)10-6-12-18(21)20-14-13-15-7-2-1-3-8-15/h1-5,7-9,11H,6,10,12-14,19H2,(H,20,21). The third kappa shape index (κ3) is 5.30. The molecule has 0 aliphatic rings. The smallest absolute Gasteiger partial charge is 0.220 e. The van der Waals surface area contributed by atoms with Crippen molar-refractivity contribution in [1.29, 1.82) is 0 Å². The number of rotatable bonds is 7. The lowest BCUT2D eigenvalue weighted by atomic mass is 10.1. The SMILES string of the molecule is Nc1ccccc1CCCC(=O)NCCc1ccccc1. The summed E-state index contributed by atoms with van der Waals surface area (Å²) < 4.78 is 0. The monoisotopic (exact) mass is 282 g/mol.